The molecule has 0 aromatic carbocycles. The van der Waals surface area contributed by atoms with E-state index in [1.54, 1.807) is 11.9 Å². The number of aromatic carboxylic acids is 1. The summed E-state index contributed by atoms with van der Waals surface area (Å²) in [5, 5.41) is 9.06. The van der Waals surface area contributed by atoms with Gasteiger partial charge in [0, 0.05) is 18.1 Å². The molecule has 5 nitrogen and oxygen atoms in total. The Morgan fingerprint density at radius 2 is 2.33 bits per heavy atom. The Morgan fingerprint density at radius 1 is 1.56 bits per heavy atom. The fraction of sp³-hybridized carbons (Fsp3) is 0.182. The van der Waals surface area contributed by atoms with E-state index < -0.39 is 5.97 Å². The fourth-order valence-corrected chi connectivity index (χ4v) is 2.66. The van der Waals surface area contributed by atoms with E-state index in [4.69, 9.17) is 16.7 Å². The Kier molecular flexibility index (Phi) is 3.78. The molecule has 2 rings (SSSR count). The van der Waals surface area contributed by atoms with Crippen LogP contribution in [0.5, 0.6) is 0 Å². The molecule has 2 heterocycles. The summed E-state index contributed by atoms with van der Waals surface area (Å²) in [6, 6.07) is 3.72. The van der Waals surface area contributed by atoms with E-state index in [1.807, 2.05) is 12.1 Å². The highest BCUT2D eigenvalue weighted by atomic mass is 35.5. The van der Waals surface area contributed by atoms with Crippen LogP contribution in [0.15, 0.2) is 24.7 Å². The second-order valence-electron chi connectivity index (χ2n) is 3.63. The lowest BCUT2D eigenvalue weighted by Crippen LogP contribution is -2.20. The van der Waals surface area contributed by atoms with E-state index in [9.17, 15) is 4.79 Å². The van der Waals surface area contributed by atoms with Gasteiger partial charge in [-0.15, -0.1) is 11.3 Å². The molecule has 0 spiro atoms. The Hall–Kier alpha value is -1.66. The minimum absolute atomic E-state index is 0.0858. The maximum Gasteiger partial charge on any atom is 0.341 e. The summed E-state index contributed by atoms with van der Waals surface area (Å²) in [5.74, 6) is -0.649. The Balaban J connectivity index is 2.23. The first kappa shape index (κ1) is 12.8. The van der Waals surface area contributed by atoms with Crippen molar-refractivity contribution >= 4 is 34.7 Å². The highest BCUT2D eigenvalue weighted by molar-refractivity contribution is 7.16. The number of hydrogen-bond donors (Lipinski definition) is 1. The second kappa shape index (κ2) is 5.32. The molecule has 0 saturated heterocycles. The molecule has 94 valence electrons. The fourth-order valence-electron chi connectivity index (χ4n) is 1.52. The van der Waals surface area contributed by atoms with E-state index in [0.29, 0.717) is 16.7 Å². The van der Waals surface area contributed by atoms with Gasteiger partial charge >= 0.3 is 5.97 Å². The van der Waals surface area contributed by atoms with Crippen LogP contribution in [0, 0.1) is 0 Å². The highest BCUT2D eigenvalue weighted by Crippen LogP contribution is 2.24. The molecule has 0 radical (unpaired) electrons. The molecule has 0 aliphatic carbocycles. The zero-order valence-corrected chi connectivity index (χ0v) is 11.1. The first-order chi connectivity index (χ1) is 8.58. The topological polar surface area (TPSA) is 66.3 Å². The summed E-state index contributed by atoms with van der Waals surface area (Å²) in [5.41, 5.74) is 0.0858. The Bertz CT molecular complexity index is 573. The van der Waals surface area contributed by atoms with Crippen LogP contribution in [-0.2, 0) is 6.54 Å². The number of nitrogens with zero attached hydrogens (tertiary/aromatic N) is 3. The standard InChI is InChI=1S/C11H10ClN3O2S/c1-15(5-7-2-3-9(12)18-7)10-8(11(16)17)4-13-6-14-10/h2-4,6H,5H2,1H3,(H,16,17). The molecule has 0 fully saturated rings. The van der Waals surface area contributed by atoms with Crippen molar-refractivity contribution < 1.29 is 9.90 Å². The summed E-state index contributed by atoms with van der Waals surface area (Å²) in [4.78, 5) is 21.6. The molecular weight excluding hydrogens is 274 g/mol. The number of hydrogen-bond acceptors (Lipinski definition) is 5. The molecule has 0 aliphatic rings. The first-order valence-electron chi connectivity index (χ1n) is 5.06. The van der Waals surface area contributed by atoms with Crippen molar-refractivity contribution in [3.8, 4) is 0 Å². The molecule has 0 unspecified atom stereocenters. The van der Waals surface area contributed by atoms with Crippen molar-refractivity contribution in [2.24, 2.45) is 0 Å². The van der Waals surface area contributed by atoms with E-state index in [-0.39, 0.29) is 5.56 Å². The van der Waals surface area contributed by atoms with Gasteiger partial charge in [-0.3, -0.25) is 0 Å². The molecule has 0 bridgehead atoms. The van der Waals surface area contributed by atoms with Gasteiger partial charge in [0.1, 0.15) is 17.7 Å². The van der Waals surface area contributed by atoms with E-state index in [1.165, 1.54) is 23.9 Å². The molecule has 2 aromatic heterocycles. The quantitative estimate of drug-likeness (QED) is 0.934. The molecule has 0 aliphatic heterocycles. The summed E-state index contributed by atoms with van der Waals surface area (Å²) >= 11 is 7.31. The van der Waals surface area contributed by atoms with Gasteiger partial charge in [-0.25, -0.2) is 14.8 Å². The summed E-state index contributed by atoms with van der Waals surface area (Å²) in [6.45, 7) is 0.550. The number of carboxylic acids is 1. The van der Waals surface area contributed by atoms with Gasteiger partial charge in [0.2, 0.25) is 0 Å². The van der Waals surface area contributed by atoms with E-state index in [0.717, 1.165) is 4.88 Å². The summed E-state index contributed by atoms with van der Waals surface area (Å²) in [6.07, 6.45) is 2.63. The van der Waals surface area contributed by atoms with Crippen LogP contribution in [0.3, 0.4) is 0 Å². The first-order valence-corrected chi connectivity index (χ1v) is 6.26. The molecule has 0 amide bonds. The third-order valence-corrected chi connectivity index (χ3v) is 3.52. The average molecular weight is 284 g/mol. The van der Waals surface area contributed by atoms with Crippen molar-refractivity contribution in [2.45, 2.75) is 6.54 Å². The molecule has 0 saturated carbocycles. The number of rotatable bonds is 4. The lowest BCUT2D eigenvalue weighted by atomic mass is 10.3. The van der Waals surface area contributed by atoms with Crippen LogP contribution >= 0.6 is 22.9 Å². The van der Waals surface area contributed by atoms with Gasteiger partial charge < -0.3 is 10.0 Å². The average Bonchev–Trinajstić information content (AvgIpc) is 2.74. The molecule has 1 N–H and O–H groups in total. The molecule has 2 aromatic rings. The summed E-state index contributed by atoms with van der Waals surface area (Å²) in [7, 11) is 1.78. The highest BCUT2D eigenvalue weighted by Gasteiger charge is 2.15. The van der Waals surface area contributed by atoms with Crippen LogP contribution in [0.25, 0.3) is 0 Å². The minimum atomic E-state index is -1.04. The van der Waals surface area contributed by atoms with Gasteiger partial charge in [0.15, 0.2) is 0 Å². The van der Waals surface area contributed by atoms with Crippen LogP contribution in [0.1, 0.15) is 15.2 Å². The lowest BCUT2D eigenvalue weighted by Gasteiger charge is -2.18. The van der Waals surface area contributed by atoms with Gasteiger partial charge in [0.25, 0.3) is 0 Å². The van der Waals surface area contributed by atoms with Gasteiger partial charge in [-0.05, 0) is 12.1 Å². The van der Waals surface area contributed by atoms with Crippen molar-refractivity contribution in [1.29, 1.82) is 0 Å². The van der Waals surface area contributed by atoms with E-state index >= 15 is 0 Å². The smallest absolute Gasteiger partial charge is 0.341 e. The minimum Gasteiger partial charge on any atom is -0.477 e. The van der Waals surface area contributed by atoms with Gasteiger partial charge in [-0.1, -0.05) is 11.6 Å². The van der Waals surface area contributed by atoms with Gasteiger partial charge in [-0.2, -0.15) is 0 Å². The molecular formula is C11H10ClN3O2S. The molecule has 0 atom stereocenters. The third-order valence-electron chi connectivity index (χ3n) is 2.31. The van der Waals surface area contributed by atoms with E-state index in [2.05, 4.69) is 9.97 Å². The van der Waals surface area contributed by atoms with Gasteiger partial charge in [0.05, 0.1) is 10.9 Å². The number of carboxylic acid groups (broad SMARTS) is 1. The van der Waals surface area contributed by atoms with Crippen molar-refractivity contribution in [3.63, 3.8) is 0 Å². The van der Waals surface area contributed by atoms with Crippen LogP contribution < -0.4 is 4.90 Å². The molecule has 18 heavy (non-hydrogen) atoms. The number of thiophene rings is 1. The van der Waals surface area contributed by atoms with Crippen molar-refractivity contribution in [2.75, 3.05) is 11.9 Å². The number of anilines is 1. The van der Waals surface area contributed by atoms with Crippen LogP contribution in [-0.4, -0.2) is 28.1 Å². The van der Waals surface area contributed by atoms with Crippen LogP contribution in [0.4, 0.5) is 5.82 Å². The maximum absolute atomic E-state index is 11.1. The van der Waals surface area contributed by atoms with Crippen molar-refractivity contribution in [3.05, 3.63) is 39.4 Å². The number of halogens is 1. The zero-order valence-electron chi connectivity index (χ0n) is 9.50. The lowest BCUT2D eigenvalue weighted by molar-refractivity contribution is 0.0696. The number of carbonyl (C=O) groups is 1. The van der Waals surface area contributed by atoms with Crippen molar-refractivity contribution in [1.82, 2.24) is 9.97 Å². The third kappa shape index (κ3) is 2.77. The molecule has 7 heteroatoms. The zero-order chi connectivity index (χ0) is 13.1. The Labute approximate surface area is 113 Å². The Morgan fingerprint density at radius 3 is 2.94 bits per heavy atom. The maximum atomic E-state index is 11.1. The predicted octanol–water partition coefficient (Wildman–Crippen LogP) is 2.53. The largest absolute Gasteiger partial charge is 0.477 e. The monoisotopic (exact) mass is 283 g/mol. The predicted molar refractivity (Wildman–Crippen MR) is 70.4 cm³/mol. The normalized spacial score (nSPS) is 10.3. The van der Waals surface area contributed by atoms with Crippen LogP contribution in [0.2, 0.25) is 4.34 Å². The second-order valence-corrected chi connectivity index (χ2v) is 5.43. The number of aromatic nitrogens is 2. The SMILES string of the molecule is CN(Cc1ccc(Cl)s1)c1ncncc1C(=O)O. The summed E-state index contributed by atoms with van der Waals surface area (Å²) < 4.78 is 0.708.